The van der Waals surface area contributed by atoms with Crippen molar-refractivity contribution in [1.82, 2.24) is 15.4 Å². The standard InChI is InChI=1S/C25H29N3O3/c1-18-24(19(2)31-27-18)17-30-23-10-6-9-21(15-23)25(29)26-22-11-13-28(14-12-22)16-20-7-4-3-5-8-20/h3-10,15,22H,11-14,16-17H2,1-2H3,(H,26,29). The van der Waals surface area contributed by atoms with Crippen molar-refractivity contribution in [3.8, 4) is 5.75 Å². The lowest BCUT2D eigenvalue weighted by Crippen LogP contribution is -2.44. The van der Waals surface area contributed by atoms with Gasteiger partial charge in [-0.1, -0.05) is 41.6 Å². The Morgan fingerprint density at radius 1 is 1.13 bits per heavy atom. The van der Waals surface area contributed by atoms with Crippen molar-refractivity contribution in [2.45, 2.75) is 45.9 Å². The molecule has 1 N–H and O–H groups in total. The third-order valence-corrected chi connectivity index (χ3v) is 5.83. The predicted molar refractivity (Wildman–Crippen MR) is 119 cm³/mol. The molecule has 4 rings (SSSR count). The summed E-state index contributed by atoms with van der Waals surface area (Å²) in [5, 5.41) is 7.13. The second-order valence-electron chi connectivity index (χ2n) is 8.13. The maximum absolute atomic E-state index is 12.8. The van der Waals surface area contributed by atoms with E-state index in [9.17, 15) is 4.79 Å². The first-order chi connectivity index (χ1) is 15.1. The summed E-state index contributed by atoms with van der Waals surface area (Å²) in [4.78, 5) is 15.2. The van der Waals surface area contributed by atoms with Crippen LogP contribution < -0.4 is 10.1 Å². The molecule has 1 saturated heterocycles. The lowest BCUT2D eigenvalue weighted by Gasteiger charge is -2.32. The van der Waals surface area contributed by atoms with E-state index in [1.807, 2.05) is 38.1 Å². The Morgan fingerprint density at radius 3 is 2.61 bits per heavy atom. The zero-order valence-electron chi connectivity index (χ0n) is 18.1. The third-order valence-electron chi connectivity index (χ3n) is 5.83. The van der Waals surface area contributed by atoms with Gasteiger partial charge in [-0.05, 0) is 50.5 Å². The number of ether oxygens (including phenoxy) is 1. The second-order valence-corrected chi connectivity index (χ2v) is 8.13. The monoisotopic (exact) mass is 419 g/mol. The fourth-order valence-electron chi connectivity index (χ4n) is 3.94. The van der Waals surface area contributed by atoms with Gasteiger partial charge in [0.05, 0.1) is 11.3 Å². The van der Waals surface area contributed by atoms with Crippen LogP contribution in [-0.4, -0.2) is 35.1 Å². The second kappa shape index (κ2) is 9.79. The van der Waals surface area contributed by atoms with Gasteiger partial charge in [0.25, 0.3) is 5.91 Å². The molecular formula is C25H29N3O3. The van der Waals surface area contributed by atoms with Gasteiger partial charge < -0.3 is 14.6 Å². The average Bonchev–Trinajstić information content (AvgIpc) is 3.12. The van der Waals surface area contributed by atoms with E-state index in [1.165, 1.54) is 5.56 Å². The number of likely N-dealkylation sites (tertiary alicyclic amines) is 1. The Bertz CT molecular complexity index is 988. The predicted octanol–water partition coefficient (Wildman–Crippen LogP) is 4.26. The summed E-state index contributed by atoms with van der Waals surface area (Å²) in [6, 6.07) is 18.0. The molecule has 2 aromatic carbocycles. The molecule has 1 aliphatic heterocycles. The minimum Gasteiger partial charge on any atom is -0.489 e. The van der Waals surface area contributed by atoms with Gasteiger partial charge in [0, 0.05) is 31.2 Å². The van der Waals surface area contributed by atoms with Gasteiger partial charge in [-0.25, -0.2) is 0 Å². The van der Waals surface area contributed by atoms with E-state index in [-0.39, 0.29) is 11.9 Å². The quantitative estimate of drug-likeness (QED) is 0.620. The van der Waals surface area contributed by atoms with Gasteiger partial charge in [-0.2, -0.15) is 0 Å². The molecule has 6 nitrogen and oxygen atoms in total. The van der Waals surface area contributed by atoms with E-state index in [0.29, 0.717) is 17.9 Å². The molecule has 1 amide bonds. The summed E-state index contributed by atoms with van der Waals surface area (Å²) >= 11 is 0. The van der Waals surface area contributed by atoms with E-state index in [0.717, 1.165) is 49.5 Å². The summed E-state index contributed by atoms with van der Waals surface area (Å²) < 4.78 is 11.1. The molecule has 0 aliphatic carbocycles. The number of nitrogens with one attached hydrogen (secondary N) is 1. The number of hydrogen-bond acceptors (Lipinski definition) is 5. The molecule has 3 aromatic rings. The number of aromatic nitrogens is 1. The van der Waals surface area contributed by atoms with Crippen molar-refractivity contribution in [3.63, 3.8) is 0 Å². The highest BCUT2D eigenvalue weighted by atomic mass is 16.5. The molecule has 0 atom stereocenters. The Kier molecular flexibility index (Phi) is 6.67. The third kappa shape index (κ3) is 5.52. The van der Waals surface area contributed by atoms with E-state index in [4.69, 9.17) is 9.26 Å². The minimum absolute atomic E-state index is 0.0516. The highest BCUT2D eigenvalue weighted by Crippen LogP contribution is 2.19. The van der Waals surface area contributed by atoms with Gasteiger partial charge in [0.15, 0.2) is 0 Å². The van der Waals surface area contributed by atoms with Crippen LogP contribution in [0, 0.1) is 13.8 Å². The Balaban J connectivity index is 1.27. The molecule has 162 valence electrons. The topological polar surface area (TPSA) is 67.6 Å². The minimum atomic E-state index is -0.0516. The molecule has 0 saturated carbocycles. The number of carbonyl (C=O) groups excluding carboxylic acids is 1. The molecule has 1 aliphatic rings. The van der Waals surface area contributed by atoms with Crippen LogP contribution in [0.2, 0.25) is 0 Å². The Morgan fingerprint density at radius 2 is 1.90 bits per heavy atom. The largest absolute Gasteiger partial charge is 0.489 e. The number of benzene rings is 2. The maximum Gasteiger partial charge on any atom is 0.251 e. The fourth-order valence-corrected chi connectivity index (χ4v) is 3.94. The fraction of sp³-hybridized carbons (Fsp3) is 0.360. The highest BCUT2D eigenvalue weighted by molar-refractivity contribution is 5.94. The molecule has 0 spiro atoms. The van der Waals surface area contributed by atoms with Crippen LogP contribution in [-0.2, 0) is 13.2 Å². The summed E-state index contributed by atoms with van der Waals surface area (Å²) in [6.07, 6.45) is 1.92. The SMILES string of the molecule is Cc1noc(C)c1COc1cccc(C(=O)NC2CCN(Cc3ccccc3)CC2)c1. The number of rotatable bonds is 7. The molecule has 1 aromatic heterocycles. The number of hydrogen-bond donors (Lipinski definition) is 1. The summed E-state index contributed by atoms with van der Waals surface area (Å²) in [5.41, 5.74) is 3.71. The Labute approximate surface area is 183 Å². The lowest BCUT2D eigenvalue weighted by atomic mass is 10.0. The molecule has 2 heterocycles. The van der Waals surface area contributed by atoms with Crippen LogP contribution in [0.15, 0.2) is 59.1 Å². The summed E-state index contributed by atoms with van der Waals surface area (Å²) in [6.45, 7) is 7.07. The van der Waals surface area contributed by atoms with Crippen LogP contribution in [0.25, 0.3) is 0 Å². The van der Waals surface area contributed by atoms with Crippen molar-refractivity contribution >= 4 is 5.91 Å². The zero-order chi connectivity index (χ0) is 21.6. The van der Waals surface area contributed by atoms with Gasteiger partial charge in [0.1, 0.15) is 18.1 Å². The van der Waals surface area contributed by atoms with E-state index in [1.54, 1.807) is 6.07 Å². The number of aryl methyl sites for hydroxylation is 2. The summed E-state index contributed by atoms with van der Waals surface area (Å²) in [7, 11) is 0. The first-order valence-electron chi connectivity index (χ1n) is 10.8. The van der Waals surface area contributed by atoms with Gasteiger partial charge in [0.2, 0.25) is 0 Å². The Hall–Kier alpha value is -3.12. The molecular weight excluding hydrogens is 390 g/mol. The van der Waals surface area contributed by atoms with Crippen LogP contribution in [0.5, 0.6) is 5.75 Å². The van der Waals surface area contributed by atoms with E-state index < -0.39 is 0 Å². The number of amides is 1. The number of carbonyl (C=O) groups is 1. The first kappa shape index (κ1) is 21.1. The van der Waals surface area contributed by atoms with E-state index >= 15 is 0 Å². The van der Waals surface area contributed by atoms with Crippen LogP contribution in [0.3, 0.4) is 0 Å². The van der Waals surface area contributed by atoms with Crippen molar-refractivity contribution in [2.75, 3.05) is 13.1 Å². The van der Waals surface area contributed by atoms with Crippen LogP contribution in [0.1, 0.15) is 45.8 Å². The van der Waals surface area contributed by atoms with E-state index in [2.05, 4.69) is 39.6 Å². The maximum atomic E-state index is 12.8. The molecule has 0 radical (unpaired) electrons. The lowest BCUT2D eigenvalue weighted by molar-refractivity contribution is 0.0908. The van der Waals surface area contributed by atoms with Crippen molar-refractivity contribution < 1.29 is 14.1 Å². The average molecular weight is 420 g/mol. The first-order valence-corrected chi connectivity index (χ1v) is 10.8. The van der Waals surface area contributed by atoms with Gasteiger partial charge >= 0.3 is 0 Å². The normalized spacial score (nSPS) is 15.0. The smallest absolute Gasteiger partial charge is 0.251 e. The van der Waals surface area contributed by atoms with Gasteiger partial charge in [-0.3, -0.25) is 9.69 Å². The van der Waals surface area contributed by atoms with Crippen LogP contribution in [0.4, 0.5) is 0 Å². The van der Waals surface area contributed by atoms with Crippen molar-refractivity contribution in [2.24, 2.45) is 0 Å². The van der Waals surface area contributed by atoms with Gasteiger partial charge in [-0.15, -0.1) is 0 Å². The zero-order valence-corrected chi connectivity index (χ0v) is 18.1. The molecule has 0 bridgehead atoms. The molecule has 0 unspecified atom stereocenters. The number of nitrogens with zero attached hydrogens (tertiary/aromatic N) is 2. The number of piperidine rings is 1. The molecule has 31 heavy (non-hydrogen) atoms. The van der Waals surface area contributed by atoms with Crippen LogP contribution >= 0.6 is 0 Å². The molecule has 1 fully saturated rings. The van der Waals surface area contributed by atoms with Crippen molar-refractivity contribution in [1.29, 1.82) is 0 Å². The highest BCUT2D eigenvalue weighted by Gasteiger charge is 2.21. The molecule has 6 heteroatoms. The van der Waals surface area contributed by atoms with Crippen molar-refractivity contribution in [3.05, 3.63) is 82.7 Å². The summed E-state index contributed by atoms with van der Waals surface area (Å²) in [5.74, 6) is 1.36.